The highest BCUT2D eigenvalue weighted by Gasteiger charge is 2.20. The number of urea groups is 1. The third-order valence-electron chi connectivity index (χ3n) is 5.51. The van der Waals surface area contributed by atoms with Crippen LogP contribution in [-0.4, -0.2) is 43.0 Å². The summed E-state index contributed by atoms with van der Waals surface area (Å²) in [5, 5.41) is 17.5. The van der Waals surface area contributed by atoms with E-state index in [4.69, 9.17) is 0 Å². The zero-order valence-electron chi connectivity index (χ0n) is 19.1. The number of rotatable bonds is 7. The maximum absolute atomic E-state index is 13.1. The Morgan fingerprint density at radius 3 is 2.57 bits per heavy atom. The minimum absolute atomic E-state index is 0.168. The highest BCUT2D eigenvalue weighted by atomic mass is 16.3. The zero-order valence-corrected chi connectivity index (χ0v) is 19.1. The van der Waals surface area contributed by atoms with Crippen LogP contribution in [0, 0.1) is 6.92 Å². The maximum atomic E-state index is 13.1. The number of aromatic nitrogens is 4. The fourth-order valence-corrected chi connectivity index (χ4v) is 3.63. The molecule has 0 bridgehead atoms. The van der Waals surface area contributed by atoms with E-state index in [1.807, 2.05) is 18.2 Å². The predicted molar refractivity (Wildman–Crippen MR) is 131 cm³/mol. The van der Waals surface area contributed by atoms with Crippen molar-refractivity contribution in [2.75, 3.05) is 17.2 Å². The van der Waals surface area contributed by atoms with Crippen molar-refractivity contribution in [2.45, 2.75) is 13.0 Å². The second kappa shape index (κ2) is 10.1. The van der Waals surface area contributed by atoms with Crippen LogP contribution in [0.5, 0.6) is 0 Å². The standard InChI is InChI=1S/C24H25N7O4/c1-15-20(23(34)31(30(15)2)18-9-4-3-5-10-18)29-22(33)16-7-6-8-17(13-16)27-24(35)28-19(14-32)21-25-11-12-26-21/h3-13,19,32H,14H2,1-2H3,(H,25,26)(H,29,33)(H2,27,28,35). The van der Waals surface area contributed by atoms with Gasteiger partial charge in [0.2, 0.25) is 0 Å². The van der Waals surface area contributed by atoms with Gasteiger partial charge in [-0.05, 0) is 37.3 Å². The largest absolute Gasteiger partial charge is 0.394 e. The number of aliphatic hydroxyl groups excluding tert-OH is 1. The zero-order chi connectivity index (χ0) is 24.9. The number of hydrogen-bond donors (Lipinski definition) is 5. The lowest BCUT2D eigenvalue weighted by molar-refractivity contribution is 0.102. The monoisotopic (exact) mass is 475 g/mol. The minimum Gasteiger partial charge on any atom is -0.394 e. The third kappa shape index (κ3) is 4.99. The van der Waals surface area contributed by atoms with Gasteiger partial charge in [-0.3, -0.25) is 14.3 Å². The molecule has 1 unspecified atom stereocenters. The van der Waals surface area contributed by atoms with E-state index in [-0.39, 0.29) is 23.4 Å². The van der Waals surface area contributed by atoms with Gasteiger partial charge in [0.05, 0.1) is 18.0 Å². The molecule has 0 aliphatic carbocycles. The molecule has 0 aliphatic rings. The van der Waals surface area contributed by atoms with Gasteiger partial charge in [-0.2, -0.15) is 0 Å². The van der Waals surface area contributed by atoms with Gasteiger partial charge in [-0.1, -0.05) is 24.3 Å². The third-order valence-corrected chi connectivity index (χ3v) is 5.51. The molecule has 0 spiro atoms. The Morgan fingerprint density at radius 2 is 1.89 bits per heavy atom. The molecule has 4 rings (SSSR count). The fourth-order valence-electron chi connectivity index (χ4n) is 3.63. The van der Waals surface area contributed by atoms with E-state index in [2.05, 4.69) is 25.9 Å². The molecule has 0 saturated carbocycles. The van der Waals surface area contributed by atoms with Gasteiger partial charge in [0.1, 0.15) is 17.6 Å². The van der Waals surface area contributed by atoms with Crippen LogP contribution in [0.2, 0.25) is 0 Å². The maximum Gasteiger partial charge on any atom is 0.319 e. The summed E-state index contributed by atoms with van der Waals surface area (Å²) < 4.78 is 3.15. The lowest BCUT2D eigenvalue weighted by atomic mass is 10.2. The topological polar surface area (TPSA) is 146 Å². The Bertz CT molecular complexity index is 1390. The van der Waals surface area contributed by atoms with Crippen molar-refractivity contribution in [1.29, 1.82) is 0 Å². The number of anilines is 2. The van der Waals surface area contributed by atoms with Crippen LogP contribution in [-0.2, 0) is 7.05 Å². The van der Waals surface area contributed by atoms with Gasteiger partial charge >= 0.3 is 6.03 Å². The summed E-state index contributed by atoms with van der Waals surface area (Å²) in [4.78, 5) is 45.3. The quantitative estimate of drug-likeness (QED) is 0.278. The van der Waals surface area contributed by atoms with Crippen molar-refractivity contribution >= 4 is 23.3 Å². The van der Waals surface area contributed by atoms with E-state index < -0.39 is 18.0 Å². The molecule has 2 heterocycles. The van der Waals surface area contributed by atoms with Crippen molar-refractivity contribution in [1.82, 2.24) is 24.6 Å². The van der Waals surface area contributed by atoms with Crippen molar-refractivity contribution in [3.63, 3.8) is 0 Å². The molecule has 180 valence electrons. The van der Waals surface area contributed by atoms with E-state index in [1.54, 1.807) is 55.2 Å². The summed E-state index contributed by atoms with van der Waals surface area (Å²) in [5.41, 5.74) is 1.69. The molecule has 0 saturated heterocycles. The van der Waals surface area contributed by atoms with E-state index in [0.29, 0.717) is 22.9 Å². The van der Waals surface area contributed by atoms with E-state index in [0.717, 1.165) is 0 Å². The van der Waals surface area contributed by atoms with E-state index >= 15 is 0 Å². The van der Waals surface area contributed by atoms with Gasteiger partial charge in [0.25, 0.3) is 11.5 Å². The Morgan fingerprint density at radius 1 is 1.11 bits per heavy atom. The molecule has 11 heteroatoms. The summed E-state index contributed by atoms with van der Waals surface area (Å²) >= 11 is 0. The van der Waals surface area contributed by atoms with Crippen LogP contribution >= 0.6 is 0 Å². The smallest absolute Gasteiger partial charge is 0.319 e. The number of nitrogens with one attached hydrogen (secondary N) is 4. The van der Waals surface area contributed by atoms with Crippen LogP contribution in [0.1, 0.15) is 27.9 Å². The van der Waals surface area contributed by atoms with Gasteiger partial charge in [0, 0.05) is 30.7 Å². The Kier molecular flexibility index (Phi) is 6.78. The van der Waals surface area contributed by atoms with Crippen LogP contribution < -0.4 is 21.5 Å². The molecular formula is C24H25N7O4. The SMILES string of the molecule is Cc1c(NC(=O)c2cccc(NC(=O)NC(CO)c3ncc[nH]3)c2)c(=O)n(-c2ccccc2)n1C. The second-order valence-electron chi connectivity index (χ2n) is 7.78. The first-order valence-corrected chi connectivity index (χ1v) is 10.8. The molecule has 2 aromatic heterocycles. The van der Waals surface area contributed by atoms with Gasteiger partial charge in [0.15, 0.2) is 0 Å². The number of hydrogen-bond acceptors (Lipinski definition) is 5. The first-order chi connectivity index (χ1) is 16.9. The van der Waals surface area contributed by atoms with Crippen molar-refractivity contribution in [2.24, 2.45) is 7.05 Å². The summed E-state index contributed by atoms with van der Waals surface area (Å²) in [6.45, 7) is 1.40. The lowest BCUT2D eigenvalue weighted by Crippen LogP contribution is -2.35. The Hall–Kier alpha value is -4.64. The number of benzene rings is 2. The van der Waals surface area contributed by atoms with Gasteiger partial charge in [-0.15, -0.1) is 0 Å². The summed E-state index contributed by atoms with van der Waals surface area (Å²) in [6.07, 6.45) is 3.10. The molecule has 35 heavy (non-hydrogen) atoms. The average molecular weight is 476 g/mol. The summed E-state index contributed by atoms with van der Waals surface area (Å²) in [7, 11) is 1.74. The molecule has 0 radical (unpaired) electrons. The first kappa shape index (κ1) is 23.5. The molecule has 11 nitrogen and oxygen atoms in total. The van der Waals surface area contributed by atoms with Crippen LogP contribution in [0.15, 0.2) is 71.8 Å². The van der Waals surface area contributed by atoms with Crippen molar-refractivity contribution < 1.29 is 14.7 Å². The normalized spacial score (nSPS) is 11.6. The van der Waals surface area contributed by atoms with Crippen LogP contribution in [0.25, 0.3) is 5.69 Å². The van der Waals surface area contributed by atoms with Crippen LogP contribution in [0.4, 0.5) is 16.2 Å². The number of aliphatic hydroxyl groups is 1. The summed E-state index contributed by atoms with van der Waals surface area (Å²) in [5.74, 6) is -0.0842. The molecule has 0 fully saturated rings. The number of para-hydroxylation sites is 1. The van der Waals surface area contributed by atoms with E-state index in [9.17, 15) is 19.5 Å². The van der Waals surface area contributed by atoms with Crippen LogP contribution in [0.3, 0.4) is 0 Å². The molecule has 0 aliphatic heterocycles. The molecule has 3 amide bonds. The highest BCUT2D eigenvalue weighted by molar-refractivity contribution is 6.05. The van der Waals surface area contributed by atoms with Gasteiger partial charge < -0.3 is 26.0 Å². The Labute approximate surface area is 200 Å². The first-order valence-electron chi connectivity index (χ1n) is 10.8. The molecule has 1 atom stereocenters. The van der Waals surface area contributed by atoms with Crippen molar-refractivity contribution in [3.05, 3.63) is 94.4 Å². The van der Waals surface area contributed by atoms with E-state index in [1.165, 1.54) is 16.9 Å². The lowest BCUT2D eigenvalue weighted by Gasteiger charge is -2.15. The van der Waals surface area contributed by atoms with Crippen molar-refractivity contribution in [3.8, 4) is 5.69 Å². The summed E-state index contributed by atoms with van der Waals surface area (Å²) in [6, 6.07) is 14.1. The number of H-pyrrole nitrogens is 1. The molecule has 2 aromatic carbocycles. The number of imidazole rings is 1. The highest BCUT2D eigenvalue weighted by Crippen LogP contribution is 2.17. The molecule has 4 aromatic rings. The fraction of sp³-hybridized carbons (Fsp3) is 0.167. The molecular weight excluding hydrogens is 450 g/mol. The number of amides is 3. The number of aromatic amines is 1. The Balaban J connectivity index is 1.49. The minimum atomic E-state index is -0.718. The second-order valence-corrected chi connectivity index (χ2v) is 7.78. The number of carbonyl (C=O) groups excluding carboxylic acids is 2. The number of nitrogens with zero attached hydrogens (tertiary/aromatic N) is 3. The van der Waals surface area contributed by atoms with Gasteiger partial charge in [-0.25, -0.2) is 14.5 Å². The average Bonchev–Trinajstić information content (AvgIpc) is 3.47. The molecule has 5 N–H and O–H groups in total. The number of carbonyl (C=O) groups is 2. The predicted octanol–water partition coefficient (Wildman–Crippen LogP) is 2.31.